The first-order valence-corrected chi connectivity index (χ1v) is 6.77. The molecule has 112 valence electrons. The Balaban J connectivity index is 2.10. The van der Waals surface area contributed by atoms with Crippen LogP contribution in [0.25, 0.3) is 11.3 Å². The van der Waals surface area contributed by atoms with Gasteiger partial charge in [0.2, 0.25) is 0 Å². The lowest BCUT2D eigenvalue weighted by Gasteiger charge is -2.14. The summed E-state index contributed by atoms with van der Waals surface area (Å²) in [6, 6.07) is 3.02. The molecule has 1 heterocycles. The molecule has 1 aromatic carbocycles. The number of fused-ring (bicyclic) bond motifs is 1. The number of alkyl halides is 3. The standard InChI is InChI=1S/C15H15F3N2O/c16-15(17,18)8-5-6-11(12(21)7-8)13-9-3-1-2-4-10(9)14(19)20-13/h5-7,20-21H,1-4,19H2. The number of anilines is 1. The molecule has 0 amide bonds. The van der Waals surface area contributed by atoms with Crippen molar-refractivity contribution in [2.24, 2.45) is 0 Å². The van der Waals surface area contributed by atoms with Crippen molar-refractivity contribution in [3.63, 3.8) is 0 Å². The van der Waals surface area contributed by atoms with Crippen LogP contribution in [-0.2, 0) is 19.0 Å². The maximum atomic E-state index is 12.6. The molecular weight excluding hydrogens is 281 g/mol. The minimum absolute atomic E-state index is 0.359. The molecule has 0 saturated carbocycles. The van der Waals surface area contributed by atoms with E-state index in [1.165, 1.54) is 6.07 Å². The summed E-state index contributed by atoms with van der Waals surface area (Å²) in [5, 5.41) is 9.96. The number of aromatic nitrogens is 1. The van der Waals surface area contributed by atoms with E-state index in [9.17, 15) is 18.3 Å². The molecule has 0 radical (unpaired) electrons. The highest BCUT2D eigenvalue weighted by molar-refractivity contribution is 5.75. The zero-order valence-corrected chi connectivity index (χ0v) is 11.2. The van der Waals surface area contributed by atoms with Crippen LogP contribution in [0.2, 0.25) is 0 Å². The van der Waals surface area contributed by atoms with E-state index >= 15 is 0 Å². The van der Waals surface area contributed by atoms with Gasteiger partial charge in [-0.25, -0.2) is 0 Å². The van der Waals surface area contributed by atoms with Gasteiger partial charge in [-0.3, -0.25) is 0 Å². The van der Waals surface area contributed by atoms with Gasteiger partial charge in [0, 0.05) is 5.56 Å². The number of halogens is 3. The number of aromatic hydroxyl groups is 1. The van der Waals surface area contributed by atoms with Gasteiger partial charge in [-0.1, -0.05) is 0 Å². The molecule has 0 bridgehead atoms. The Morgan fingerprint density at radius 2 is 1.76 bits per heavy atom. The van der Waals surface area contributed by atoms with E-state index in [2.05, 4.69) is 4.98 Å². The molecule has 4 N–H and O–H groups in total. The summed E-state index contributed by atoms with van der Waals surface area (Å²) in [5.41, 5.74) is 8.09. The summed E-state index contributed by atoms with van der Waals surface area (Å²) in [5.74, 6) is 0.151. The first kappa shape index (κ1) is 13.9. The molecule has 1 aliphatic carbocycles. The number of nitrogens with two attached hydrogens (primary N) is 1. The molecule has 1 aliphatic rings. The number of nitrogen functional groups attached to an aromatic ring is 1. The Kier molecular flexibility index (Phi) is 3.11. The molecule has 0 spiro atoms. The van der Waals surface area contributed by atoms with Gasteiger partial charge in [-0.15, -0.1) is 0 Å². The Morgan fingerprint density at radius 3 is 2.38 bits per heavy atom. The molecular formula is C15H15F3N2O. The fourth-order valence-corrected chi connectivity index (χ4v) is 2.91. The summed E-state index contributed by atoms with van der Waals surface area (Å²) < 4.78 is 37.9. The highest BCUT2D eigenvalue weighted by atomic mass is 19.4. The van der Waals surface area contributed by atoms with Crippen molar-refractivity contribution < 1.29 is 18.3 Å². The Morgan fingerprint density at radius 1 is 1.10 bits per heavy atom. The van der Waals surface area contributed by atoms with Crippen LogP contribution in [-0.4, -0.2) is 10.1 Å². The summed E-state index contributed by atoms with van der Waals surface area (Å²) >= 11 is 0. The van der Waals surface area contributed by atoms with Gasteiger partial charge in [0.15, 0.2) is 0 Å². The van der Waals surface area contributed by atoms with E-state index in [1.54, 1.807) is 0 Å². The molecule has 0 atom stereocenters. The number of nitrogens with one attached hydrogen (secondary N) is 1. The topological polar surface area (TPSA) is 62.0 Å². The lowest BCUT2D eigenvalue weighted by Crippen LogP contribution is -2.05. The zero-order valence-electron chi connectivity index (χ0n) is 11.2. The van der Waals surface area contributed by atoms with E-state index in [4.69, 9.17) is 5.73 Å². The van der Waals surface area contributed by atoms with Crippen molar-refractivity contribution >= 4 is 5.82 Å². The molecule has 21 heavy (non-hydrogen) atoms. The quantitative estimate of drug-likeness (QED) is 0.748. The highest BCUT2D eigenvalue weighted by Crippen LogP contribution is 2.40. The smallest absolute Gasteiger partial charge is 0.416 e. The zero-order chi connectivity index (χ0) is 15.2. The SMILES string of the molecule is Nc1[nH]c(-c2ccc(C(F)(F)F)cc2O)c2c1CCCC2. The van der Waals surface area contributed by atoms with E-state index < -0.39 is 11.7 Å². The average Bonchev–Trinajstić information content (AvgIpc) is 2.76. The number of benzene rings is 1. The predicted molar refractivity (Wildman–Crippen MR) is 73.9 cm³/mol. The third kappa shape index (κ3) is 2.34. The molecule has 3 rings (SSSR count). The van der Waals surface area contributed by atoms with Crippen LogP contribution < -0.4 is 5.73 Å². The number of phenols is 1. The minimum atomic E-state index is -4.47. The summed E-state index contributed by atoms with van der Waals surface area (Å²) in [7, 11) is 0. The molecule has 6 heteroatoms. The van der Waals surface area contributed by atoms with Gasteiger partial charge in [0.1, 0.15) is 11.6 Å². The summed E-state index contributed by atoms with van der Waals surface area (Å²) in [6.45, 7) is 0. The van der Waals surface area contributed by atoms with Crippen molar-refractivity contribution in [3.05, 3.63) is 34.9 Å². The monoisotopic (exact) mass is 296 g/mol. The van der Waals surface area contributed by atoms with E-state index in [0.717, 1.165) is 48.9 Å². The van der Waals surface area contributed by atoms with Crippen molar-refractivity contribution in [2.45, 2.75) is 31.9 Å². The van der Waals surface area contributed by atoms with Gasteiger partial charge < -0.3 is 15.8 Å². The Labute approximate surface area is 119 Å². The van der Waals surface area contributed by atoms with Crippen molar-refractivity contribution in [3.8, 4) is 17.0 Å². The fraction of sp³-hybridized carbons (Fsp3) is 0.333. The van der Waals surface area contributed by atoms with Crippen molar-refractivity contribution in [1.29, 1.82) is 0 Å². The summed E-state index contributed by atoms with van der Waals surface area (Å²) in [4.78, 5) is 3.01. The molecule has 3 nitrogen and oxygen atoms in total. The second kappa shape index (κ2) is 4.72. The number of phenolic OH excluding ortho intramolecular Hbond substituents is 1. The fourth-order valence-electron chi connectivity index (χ4n) is 2.91. The van der Waals surface area contributed by atoms with Gasteiger partial charge in [0.05, 0.1) is 11.3 Å². The first-order valence-electron chi connectivity index (χ1n) is 6.77. The predicted octanol–water partition coefficient (Wildman–Crippen LogP) is 3.87. The van der Waals surface area contributed by atoms with Crippen LogP contribution in [0.3, 0.4) is 0 Å². The van der Waals surface area contributed by atoms with Gasteiger partial charge in [-0.05, 0) is 55.0 Å². The highest BCUT2D eigenvalue weighted by Gasteiger charge is 2.31. The van der Waals surface area contributed by atoms with Crippen LogP contribution in [0.1, 0.15) is 29.5 Å². The molecule has 0 saturated heterocycles. The Bertz CT molecular complexity index is 689. The normalized spacial score (nSPS) is 15.0. The lowest BCUT2D eigenvalue weighted by atomic mass is 9.91. The summed E-state index contributed by atoms with van der Waals surface area (Å²) in [6.07, 6.45) is -0.728. The first-order chi connectivity index (χ1) is 9.88. The van der Waals surface area contributed by atoms with E-state index in [1.807, 2.05) is 0 Å². The number of aromatic amines is 1. The second-order valence-electron chi connectivity index (χ2n) is 5.31. The maximum absolute atomic E-state index is 12.6. The van der Waals surface area contributed by atoms with Crippen molar-refractivity contribution in [1.82, 2.24) is 4.98 Å². The minimum Gasteiger partial charge on any atom is -0.507 e. The molecule has 1 aromatic heterocycles. The third-order valence-electron chi connectivity index (χ3n) is 3.95. The molecule has 0 fully saturated rings. The molecule has 0 aliphatic heterocycles. The van der Waals surface area contributed by atoms with E-state index in [0.29, 0.717) is 17.1 Å². The largest absolute Gasteiger partial charge is 0.507 e. The van der Waals surface area contributed by atoms with Crippen LogP contribution in [0, 0.1) is 0 Å². The van der Waals surface area contributed by atoms with E-state index in [-0.39, 0.29) is 5.75 Å². The number of hydrogen-bond donors (Lipinski definition) is 3. The number of hydrogen-bond acceptors (Lipinski definition) is 2. The number of rotatable bonds is 1. The van der Waals surface area contributed by atoms with Gasteiger partial charge in [-0.2, -0.15) is 13.2 Å². The van der Waals surface area contributed by atoms with Crippen LogP contribution in [0.15, 0.2) is 18.2 Å². The van der Waals surface area contributed by atoms with Gasteiger partial charge >= 0.3 is 6.18 Å². The van der Waals surface area contributed by atoms with Crippen LogP contribution in [0.4, 0.5) is 19.0 Å². The van der Waals surface area contributed by atoms with Gasteiger partial charge in [0.25, 0.3) is 0 Å². The third-order valence-corrected chi connectivity index (χ3v) is 3.95. The van der Waals surface area contributed by atoms with Crippen LogP contribution >= 0.6 is 0 Å². The number of H-pyrrole nitrogens is 1. The Hall–Kier alpha value is -2.11. The average molecular weight is 296 g/mol. The van der Waals surface area contributed by atoms with Crippen molar-refractivity contribution in [2.75, 3.05) is 5.73 Å². The van der Waals surface area contributed by atoms with Crippen LogP contribution in [0.5, 0.6) is 5.75 Å². The molecule has 2 aromatic rings. The maximum Gasteiger partial charge on any atom is 0.416 e. The lowest BCUT2D eigenvalue weighted by molar-refractivity contribution is -0.137. The second-order valence-corrected chi connectivity index (χ2v) is 5.31. The molecule has 0 unspecified atom stereocenters.